The van der Waals surface area contributed by atoms with Crippen molar-refractivity contribution >= 4 is 40.7 Å². The Morgan fingerprint density at radius 1 is 1.03 bits per heavy atom. The molecule has 3 aromatic heterocycles. The van der Waals surface area contributed by atoms with E-state index in [1.807, 2.05) is 0 Å². The third kappa shape index (κ3) is 3.26. The molecule has 4 rings (SSSR count). The number of aromatic nitrogens is 6. The van der Waals surface area contributed by atoms with E-state index < -0.39 is 23.2 Å². The minimum absolute atomic E-state index is 0.0554. The molecule has 0 atom stereocenters. The molecule has 150 valence electrons. The van der Waals surface area contributed by atoms with Crippen LogP contribution in [-0.2, 0) is 0 Å². The molecule has 7 N–H and O–H groups in total. The van der Waals surface area contributed by atoms with Gasteiger partial charge in [0.05, 0.1) is 11.9 Å². The minimum atomic E-state index is -1.41. The summed E-state index contributed by atoms with van der Waals surface area (Å²) < 4.78 is 0. The van der Waals surface area contributed by atoms with Crippen LogP contribution in [0.4, 0.5) is 17.6 Å². The van der Waals surface area contributed by atoms with E-state index in [9.17, 15) is 19.5 Å². The predicted octanol–water partition coefficient (Wildman–Crippen LogP) is 0.825. The fraction of sp³-hybridized carbons (Fsp3) is 0. The molecule has 4 aromatic rings. The first kappa shape index (κ1) is 18.5. The second-order valence-corrected chi connectivity index (χ2v) is 5.98. The number of imidazole rings is 1. The van der Waals surface area contributed by atoms with Gasteiger partial charge in [0.1, 0.15) is 5.69 Å². The number of anilines is 3. The molecule has 0 aliphatic carbocycles. The lowest BCUT2D eigenvalue weighted by molar-refractivity contribution is 0.0683. The van der Waals surface area contributed by atoms with Crippen LogP contribution in [0.25, 0.3) is 22.4 Å². The van der Waals surface area contributed by atoms with Crippen LogP contribution in [0.5, 0.6) is 0 Å². The van der Waals surface area contributed by atoms with Gasteiger partial charge in [-0.25, -0.2) is 24.5 Å². The fourth-order valence-corrected chi connectivity index (χ4v) is 2.68. The molecule has 0 bridgehead atoms. The zero-order chi connectivity index (χ0) is 21.4. The highest BCUT2D eigenvalue weighted by Crippen LogP contribution is 2.27. The Morgan fingerprint density at radius 3 is 2.43 bits per heavy atom. The van der Waals surface area contributed by atoms with Crippen molar-refractivity contribution in [2.45, 2.75) is 0 Å². The number of carbonyl (C=O) groups is 2. The van der Waals surface area contributed by atoms with Gasteiger partial charge >= 0.3 is 11.9 Å². The van der Waals surface area contributed by atoms with E-state index in [-0.39, 0.29) is 40.0 Å². The molecule has 3 heterocycles. The molecule has 1 aromatic carbocycles. The molecule has 0 unspecified atom stereocenters. The lowest BCUT2D eigenvalue weighted by Gasteiger charge is -2.11. The maximum atomic E-state index is 12.1. The van der Waals surface area contributed by atoms with Crippen LogP contribution in [0.2, 0.25) is 0 Å². The van der Waals surface area contributed by atoms with Crippen LogP contribution in [0.3, 0.4) is 0 Å². The van der Waals surface area contributed by atoms with E-state index in [0.717, 1.165) is 0 Å². The zero-order valence-corrected chi connectivity index (χ0v) is 14.9. The van der Waals surface area contributed by atoms with Gasteiger partial charge in [0.25, 0.3) is 5.56 Å². The van der Waals surface area contributed by atoms with Gasteiger partial charge in [-0.15, -0.1) is 0 Å². The van der Waals surface area contributed by atoms with Gasteiger partial charge in [0.15, 0.2) is 28.5 Å². The number of nitrogens with two attached hydrogens (primary N) is 1. The molecule has 0 fully saturated rings. The van der Waals surface area contributed by atoms with E-state index >= 15 is 0 Å². The van der Waals surface area contributed by atoms with E-state index in [1.165, 1.54) is 30.6 Å². The van der Waals surface area contributed by atoms with Crippen molar-refractivity contribution in [3.05, 3.63) is 52.2 Å². The first-order valence-corrected chi connectivity index (χ1v) is 8.28. The second-order valence-electron chi connectivity index (χ2n) is 5.98. The summed E-state index contributed by atoms with van der Waals surface area (Å²) in [6, 6.07) is 5.62. The molecule has 0 aliphatic heterocycles. The van der Waals surface area contributed by atoms with Gasteiger partial charge in [-0.3, -0.25) is 9.78 Å². The standard InChI is InChI=1S/C17H12N8O5/c18-11-8(6-1-3-7(4-2-6)15(27)28)22-13(10(21-11)16(29)30)24-17-23-12-9(14(26)25-17)19-5-20-12/h1-5H,(H2,18,21)(H,27,28)(H,29,30)(H3,19,20,22,23,24,25,26). The number of benzene rings is 1. The summed E-state index contributed by atoms with van der Waals surface area (Å²) in [5, 5.41) is 21.1. The van der Waals surface area contributed by atoms with E-state index in [1.54, 1.807) is 0 Å². The molecule has 13 heteroatoms. The lowest BCUT2D eigenvalue weighted by atomic mass is 10.1. The number of aromatic amines is 2. The highest BCUT2D eigenvalue weighted by Gasteiger charge is 2.20. The number of hydrogen-bond acceptors (Lipinski definition) is 9. The van der Waals surface area contributed by atoms with Gasteiger partial charge < -0.3 is 26.2 Å². The summed E-state index contributed by atoms with van der Waals surface area (Å²) in [6.07, 6.45) is 1.29. The molecular formula is C17H12N8O5. The average Bonchev–Trinajstić information content (AvgIpc) is 3.18. The Balaban J connectivity index is 1.81. The lowest BCUT2D eigenvalue weighted by Crippen LogP contribution is -2.15. The number of H-pyrrole nitrogens is 2. The molecule has 0 aliphatic rings. The number of nitrogens with zero attached hydrogens (tertiary/aromatic N) is 4. The van der Waals surface area contributed by atoms with E-state index in [0.29, 0.717) is 5.56 Å². The summed E-state index contributed by atoms with van der Waals surface area (Å²) >= 11 is 0. The van der Waals surface area contributed by atoms with Crippen LogP contribution >= 0.6 is 0 Å². The molecule has 30 heavy (non-hydrogen) atoms. The number of fused-ring (bicyclic) bond motifs is 1. The van der Waals surface area contributed by atoms with Crippen molar-refractivity contribution in [2.75, 3.05) is 11.1 Å². The molecule has 0 spiro atoms. The summed E-state index contributed by atoms with van der Waals surface area (Å²) in [6.45, 7) is 0. The zero-order valence-electron chi connectivity index (χ0n) is 14.9. The van der Waals surface area contributed by atoms with E-state index in [4.69, 9.17) is 10.8 Å². The Morgan fingerprint density at radius 2 is 1.77 bits per heavy atom. The van der Waals surface area contributed by atoms with Gasteiger partial charge in [0, 0.05) is 5.56 Å². The van der Waals surface area contributed by atoms with Crippen molar-refractivity contribution in [1.29, 1.82) is 0 Å². The quantitative estimate of drug-likeness (QED) is 0.272. The highest BCUT2D eigenvalue weighted by atomic mass is 16.4. The molecule has 0 saturated carbocycles. The number of carboxylic acids is 2. The SMILES string of the molecule is Nc1nc(C(=O)O)c(Nc2nc3nc[nH]c3c(=O)[nH]2)nc1-c1ccc(C(=O)O)cc1. The van der Waals surface area contributed by atoms with Crippen molar-refractivity contribution in [3.8, 4) is 11.3 Å². The van der Waals surface area contributed by atoms with Crippen LogP contribution in [-0.4, -0.2) is 52.1 Å². The van der Waals surface area contributed by atoms with Gasteiger partial charge in [-0.05, 0) is 12.1 Å². The highest BCUT2D eigenvalue weighted by molar-refractivity contribution is 5.93. The fourth-order valence-electron chi connectivity index (χ4n) is 2.68. The maximum absolute atomic E-state index is 12.1. The van der Waals surface area contributed by atoms with Gasteiger partial charge in [-0.1, -0.05) is 12.1 Å². The molecule has 13 nitrogen and oxygen atoms in total. The summed E-state index contributed by atoms with van der Waals surface area (Å²) in [5.74, 6) is -3.02. The number of aromatic carboxylic acids is 2. The number of nitrogens with one attached hydrogen (secondary N) is 3. The van der Waals surface area contributed by atoms with Crippen LogP contribution in [0.15, 0.2) is 35.4 Å². The van der Waals surface area contributed by atoms with E-state index in [2.05, 4.69) is 35.2 Å². The Labute approximate surface area is 165 Å². The summed E-state index contributed by atoms with van der Waals surface area (Å²) in [5.41, 5.74) is 5.70. The monoisotopic (exact) mass is 408 g/mol. The Hall–Kier alpha value is -4.81. The number of nitrogen functional groups attached to an aromatic ring is 1. The van der Waals surface area contributed by atoms with Crippen LogP contribution in [0, 0.1) is 0 Å². The van der Waals surface area contributed by atoms with Crippen molar-refractivity contribution in [3.63, 3.8) is 0 Å². The van der Waals surface area contributed by atoms with Crippen molar-refractivity contribution in [1.82, 2.24) is 29.9 Å². The van der Waals surface area contributed by atoms with Crippen molar-refractivity contribution < 1.29 is 19.8 Å². The summed E-state index contributed by atoms with van der Waals surface area (Å²) in [7, 11) is 0. The normalized spacial score (nSPS) is 10.8. The third-order valence-corrected chi connectivity index (χ3v) is 4.06. The largest absolute Gasteiger partial charge is 0.478 e. The Bertz CT molecular complexity index is 1360. The topological polar surface area (TPSA) is 213 Å². The van der Waals surface area contributed by atoms with Crippen LogP contribution in [0.1, 0.15) is 20.8 Å². The third-order valence-electron chi connectivity index (χ3n) is 4.06. The predicted molar refractivity (Wildman–Crippen MR) is 104 cm³/mol. The molecule has 0 amide bonds. The first-order chi connectivity index (χ1) is 14.3. The number of rotatable bonds is 5. The first-order valence-electron chi connectivity index (χ1n) is 8.28. The molecule has 0 saturated heterocycles. The van der Waals surface area contributed by atoms with Crippen molar-refractivity contribution in [2.24, 2.45) is 0 Å². The maximum Gasteiger partial charge on any atom is 0.358 e. The Kier molecular flexibility index (Phi) is 4.31. The average molecular weight is 408 g/mol. The second kappa shape index (κ2) is 6.97. The van der Waals surface area contributed by atoms with Gasteiger partial charge in [0.2, 0.25) is 5.95 Å². The minimum Gasteiger partial charge on any atom is -0.478 e. The number of carboxylic acid groups (broad SMARTS) is 2. The van der Waals surface area contributed by atoms with Gasteiger partial charge in [-0.2, -0.15) is 4.98 Å². The number of hydrogen-bond donors (Lipinski definition) is 6. The molecular weight excluding hydrogens is 396 g/mol. The summed E-state index contributed by atoms with van der Waals surface area (Å²) in [4.78, 5) is 55.8. The molecule has 0 radical (unpaired) electrons. The van der Waals surface area contributed by atoms with Crippen LogP contribution < -0.4 is 16.6 Å². The smallest absolute Gasteiger partial charge is 0.358 e.